The van der Waals surface area contributed by atoms with E-state index in [0.29, 0.717) is 0 Å². The van der Waals surface area contributed by atoms with Gasteiger partial charge >= 0.3 is 21.6 Å². The Morgan fingerprint density at radius 1 is 1.30 bits per heavy atom. The molecule has 5 nitrogen and oxygen atoms in total. The molecule has 0 aliphatic rings. The highest BCUT2D eigenvalue weighted by Gasteiger charge is 2.49. The molecule has 20 heavy (non-hydrogen) atoms. The number of ether oxygens (including phenoxy) is 1. The molecule has 0 fully saturated rings. The predicted octanol–water partition coefficient (Wildman–Crippen LogP) is 2.40. The van der Waals surface area contributed by atoms with E-state index >= 15 is 0 Å². The van der Waals surface area contributed by atoms with Crippen molar-refractivity contribution in [2.24, 2.45) is 0 Å². The van der Waals surface area contributed by atoms with Gasteiger partial charge in [-0.05, 0) is 25.5 Å². The fraction of sp³-hybridized carbons (Fsp3) is 0.364. The molecule has 1 aromatic carbocycles. The molecule has 0 saturated carbocycles. The van der Waals surface area contributed by atoms with Crippen LogP contribution in [-0.2, 0) is 14.9 Å². The fourth-order valence-corrected chi connectivity index (χ4v) is 1.81. The monoisotopic (exact) mass is 312 g/mol. The van der Waals surface area contributed by atoms with Crippen LogP contribution in [0.15, 0.2) is 18.2 Å². The molecule has 0 aliphatic heterocycles. The third kappa shape index (κ3) is 3.41. The van der Waals surface area contributed by atoms with Gasteiger partial charge in [-0.1, -0.05) is 12.1 Å². The van der Waals surface area contributed by atoms with Crippen LogP contribution in [0.5, 0.6) is 5.75 Å². The predicted molar refractivity (Wildman–Crippen MR) is 62.7 cm³/mol. The summed E-state index contributed by atoms with van der Waals surface area (Å²) < 4.78 is 67.4. The van der Waals surface area contributed by atoms with Crippen molar-refractivity contribution < 1.29 is 35.3 Å². The molecule has 0 heterocycles. The number of carbonyl (C=O) groups excluding carboxylic acids is 1. The third-order valence-electron chi connectivity index (χ3n) is 2.20. The highest BCUT2D eigenvalue weighted by atomic mass is 32.2. The van der Waals surface area contributed by atoms with Gasteiger partial charge in [-0.25, -0.2) is 4.79 Å². The number of rotatable bonds is 4. The molecule has 0 saturated heterocycles. The smallest absolute Gasteiger partial charge is 0.462 e. The first-order valence-corrected chi connectivity index (χ1v) is 6.78. The molecular formula is C11H11F3O5S. The van der Waals surface area contributed by atoms with Gasteiger partial charge in [-0.3, -0.25) is 0 Å². The molecular weight excluding hydrogens is 301 g/mol. The average Bonchev–Trinajstić information content (AvgIpc) is 2.27. The van der Waals surface area contributed by atoms with Gasteiger partial charge in [0.2, 0.25) is 0 Å². The van der Waals surface area contributed by atoms with Gasteiger partial charge < -0.3 is 8.92 Å². The molecule has 0 radical (unpaired) electrons. The van der Waals surface area contributed by atoms with Gasteiger partial charge in [-0.15, -0.1) is 0 Å². The minimum absolute atomic E-state index is 0.0152. The standard InChI is InChI=1S/C11H11F3O5S/c1-3-18-10(15)9-7(2)5-4-6-8(9)19-20(16,17)11(12,13)14/h4-6H,3H2,1-2H3. The Bertz CT molecular complexity index is 607. The lowest BCUT2D eigenvalue weighted by molar-refractivity contribution is -0.0500. The molecule has 0 aromatic heterocycles. The van der Waals surface area contributed by atoms with Crippen LogP contribution in [0.4, 0.5) is 13.2 Å². The van der Waals surface area contributed by atoms with Crippen molar-refractivity contribution in [1.82, 2.24) is 0 Å². The van der Waals surface area contributed by atoms with Crippen molar-refractivity contribution in [2.45, 2.75) is 19.4 Å². The molecule has 9 heteroatoms. The minimum atomic E-state index is -5.85. The van der Waals surface area contributed by atoms with Crippen LogP contribution in [0, 0.1) is 6.92 Å². The Labute approximate surface area is 113 Å². The molecule has 0 amide bonds. The van der Waals surface area contributed by atoms with Gasteiger partial charge in [0.25, 0.3) is 0 Å². The molecule has 1 rings (SSSR count). The zero-order valence-electron chi connectivity index (χ0n) is 10.5. The van der Waals surface area contributed by atoms with E-state index in [-0.39, 0.29) is 17.7 Å². The summed E-state index contributed by atoms with van der Waals surface area (Å²) >= 11 is 0. The van der Waals surface area contributed by atoms with Gasteiger partial charge in [0.15, 0.2) is 5.75 Å². The Morgan fingerprint density at radius 2 is 1.90 bits per heavy atom. The maximum absolute atomic E-state index is 12.3. The lowest BCUT2D eigenvalue weighted by Gasteiger charge is -2.13. The zero-order chi connectivity index (χ0) is 15.6. The number of carbonyl (C=O) groups is 1. The van der Waals surface area contributed by atoms with E-state index in [4.69, 9.17) is 0 Å². The maximum atomic E-state index is 12.3. The number of halogens is 3. The lowest BCUT2D eigenvalue weighted by Crippen LogP contribution is -2.28. The number of alkyl halides is 3. The van der Waals surface area contributed by atoms with E-state index in [1.54, 1.807) is 0 Å². The van der Waals surface area contributed by atoms with Gasteiger partial charge in [0.05, 0.1) is 6.61 Å². The van der Waals surface area contributed by atoms with Gasteiger partial charge in [-0.2, -0.15) is 21.6 Å². The maximum Gasteiger partial charge on any atom is 0.534 e. The summed E-state index contributed by atoms with van der Waals surface area (Å²) in [6, 6.07) is 3.63. The van der Waals surface area contributed by atoms with E-state index < -0.39 is 27.3 Å². The number of esters is 1. The van der Waals surface area contributed by atoms with Crippen LogP contribution in [0.25, 0.3) is 0 Å². The topological polar surface area (TPSA) is 69.7 Å². The van der Waals surface area contributed by atoms with E-state index in [2.05, 4.69) is 8.92 Å². The highest BCUT2D eigenvalue weighted by molar-refractivity contribution is 7.88. The summed E-state index contributed by atoms with van der Waals surface area (Å²) in [4.78, 5) is 11.6. The first-order valence-electron chi connectivity index (χ1n) is 5.37. The van der Waals surface area contributed by atoms with Crippen LogP contribution >= 0.6 is 0 Å². The summed E-state index contributed by atoms with van der Waals surface area (Å²) in [5.74, 6) is -1.68. The summed E-state index contributed by atoms with van der Waals surface area (Å²) in [5.41, 5.74) is -5.71. The molecule has 0 unspecified atom stereocenters. The Hall–Kier alpha value is -1.77. The van der Waals surface area contributed by atoms with Crippen LogP contribution in [0.1, 0.15) is 22.8 Å². The summed E-state index contributed by atoms with van der Waals surface area (Å²) in [7, 11) is -5.85. The number of aryl methyl sites for hydroxylation is 1. The molecule has 0 spiro atoms. The van der Waals surface area contributed by atoms with Crippen molar-refractivity contribution in [3.8, 4) is 5.75 Å². The van der Waals surface area contributed by atoms with Crippen molar-refractivity contribution in [3.05, 3.63) is 29.3 Å². The SMILES string of the molecule is CCOC(=O)c1c(C)cccc1OS(=O)(=O)C(F)(F)F. The quantitative estimate of drug-likeness (QED) is 0.485. The van der Waals surface area contributed by atoms with E-state index in [0.717, 1.165) is 6.07 Å². The molecule has 0 bridgehead atoms. The van der Waals surface area contributed by atoms with Gasteiger partial charge in [0.1, 0.15) is 5.56 Å². The van der Waals surface area contributed by atoms with Crippen LogP contribution in [0.3, 0.4) is 0 Å². The Morgan fingerprint density at radius 3 is 2.40 bits per heavy atom. The Balaban J connectivity index is 3.27. The van der Waals surface area contributed by atoms with Crippen LogP contribution < -0.4 is 4.18 Å². The van der Waals surface area contributed by atoms with Gasteiger partial charge in [0, 0.05) is 0 Å². The van der Waals surface area contributed by atoms with Crippen LogP contribution in [-0.4, -0.2) is 26.5 Å². The molecule has 1 aromatic rings. The molecule has 0 aliphatic carbocycles. The number of hydrogen-bond donors (Lipinski definition) is 0. The van der Waals surface area contributed by atoms with Crippen LogP contribution in [0.2, 0.25) is 0 Å². The first-order chi connectivity index (χ1) is 9.10. The lowest BCUT2D eigenvalue weighted by atomic mass is 10.1. The second-order valence-corrected chi connectivity index (χ2v) is 5.19. The molecule has 0 N–H and O–H groups in total. The Kier molecular flexibility index (Phi) is 4.64. The summed E-state index contributed by atoms with van der Waals surface area (Å²) in [6.45, 7) is 2.90. The average molecular weight is 312 g/mol. The second kappa shape index (κ2) is 5.70. The van der Waals surface area contributed by atoms with Crippen molar-refractivity contribution >= 4 is 16.1 Å². The number of benzene rings is 1. The summed E-state index contributed by atoms with van der Waals surface area (Å²) in [6.07, 6.45) is 0. The zero-order valence-corrected chi connectivity index (χ0v) is 11.3. The highest BCUT2D eigenvalue weighted by Crippen LogP contribution is 2.30. The second-order valence-electron chi connectivity index (χ2n) is 3.65. The largest absolute Gasteiger partial charge is 0.534 e. The normalized spacial score (nSPS) is 12.1. The molecule has 0 atom stereocenters. The van der Waals surface area contributed by atoms with E-state index in [1.165, 1.54) is 26.0 Å². The first kappa shape index (κ1) is 16.3. The van der Waals surface area contributed by atoms with Crippen molar-refractivity contribution in [3.63, 3.8) is 0 Å². The van der Waals surface area contributed by atoms with Crippen molar-refractivity contribution in [1.29, 1.82) is 0 Å². The fourth-order valence-electron chi connectivity index (χ4n) is 1.34. The third-order valence-corrected chi connectivity index (χ3v) is 3.16. The van der Waals surface area contributed by atoms with E-state index in [9.17, 15) is 26.4 Å². The molecule has 112 valence electrons. The number of hydrogen-bond acceptors (Lipinski definition) is 5. The summed E-state index contributed by atoms with van der Waals surface area (Å²) in [5, 5.41) is 0. The van der Waals surface area contributed by atoms with Crippen molar-refractivity contribution in [2.75, 3.05) is 6.61 Å². The minimum Gasteiger partial charge on any atom is -0.462 e. The van der Waals surface area contributed by atoms with E-state index in [1.807, 2.05) is 0 Å².